The summed E-state index contributed by atoms with van der Waals surface area (Å²) in [5, 5.41) is 0. The molecule has 0 saturated carbocycles. The molecule has 0 aliphatic carbocycles. The van der Waals surface area contributed by atoms with Crippen molar-refractivity contribution in [3.63, 3.8) is 0 Å². The van der Waals surface area contributed by atoms with Crippen LogP contribution in [0.15, 0.2) is 12.4 Å². The summed E-state index contributed by atoms with van der Waals surface area (Å²) >= 11 is 0. The van der Waals surface area contributed by atoms with E-state index in [4.69, 9.17) is 0 Å². The minimum Gasteiger partial charge on any atom is -1.00 e. The van der Waals surface area contributed by atoms with Gasteiger partial charge in [-0.1, -0.05) is 20.3 Å². The number of nitrogens with one attached hydrogen (secondary N) is 1. The van der Waals surface area contributed by atoms with Crippen LogP contribution in [0.25, 0.3) is 0 Å². The van der Waals surface area contributed by atoms with Crippen LogP contribution in [0.3, 0.4) is 0 Å². The number of aryl methyl sites for hydroxylation is 2. The Balaban J connectivity index is 0.00000144. The van der Waals surface area contributed by atoms with E-state index in [0.29, 0.717) is 0 Å². The van der Waals surface area contributed by atoms with E-state index in [2.05, 4.69) is 29.6 Å². The highest BCUT2D eigenvalue weighted by Crippen LogP contribution is 1.95. The Hall–Kier alpha value is -0.500. The van der Waals surface area contributed by atoms with E-state index in [9.17, 15) is 0 Å². The lowest BCUT2D eigenvalue weighted by atomic mass is 10.2. The zero-order chi connectivity index (χ0) is 8.81. The third-order valence-electron chi connectivity index (χ3n) is 2.19. The highest BCUT2D eigenvalue weighted by atomic mass is 35.5. The predicted octanol–water partition coefficient (Wildman–Crippen LogP) is -0.941. The van der Waals surface area contributed by atoms with Crippen molar-refractivity contribution in [2.24, 2.45) is 0 Å². The molecule has 0 amide bonds. The largest absolute Gasteiger partial charge is 1.00 e. The van der Waals surface area contributed by atoms with Crippen LogP contribution >= 0.6 is 0 Å². The molecule has 0 spiro atoms. The second-order valence-corrected chi connectivity index (χ2v) is 3.16. The van der Waals surface area contributed by atoms with Crippen LogP contribution < -0.4 is 17.0 Å². The number of imidazole rings is 1. The Morgan fingerprint density at radius 2 is 2.08 bits per heavy atom. The van der Waals surface area contributed by atoms with Gasteiger partial charge in [0.05, 0.1) is 6.54 Å². The van der Waals surface area contributed by atoms with E-state index in [1.807, 2.05) is 6.20 Å². The van der Waals surface area contributed by atoms with Crippen molar-refractivity contribution in [1.82, 2.24) is 4.98 Å². The lowest BCUT2D eigenvalue weighted by Gasteiger charge is -1.97. The smallest absolute Gasteiger partial charge is 0.253 e. The monoisotopic (exact) mass is 202 g/mol. The molecule has 76 valence electrons. The third-order valence-corrected chi connectivity index (χ3v) is 2.19. The quantitative estimate of drug-likeness (QED) is 0.470. The van der Waals surface area contributed by atoms with Crippen LogP contribution in [-0.2, 0) is 13.0 Å². The van der Waals surface area contributed by atoms with Crippen LogP contribution in [0.1, 0.15) is 38.9 Å². The summed E-state index contributed by atoms with van der Waals surface area (Å²) < 4.78 is 2.32. The maximum Gasteiger partial charge on any atom is 0.253 e. The molecule has 0 radical (unpaired) electrons. The number of aromatic amines is 1. The Morgan fingerprint density at radius 1 is 1.31 bits per heavy atom. The minimum absolute atomic E-state index is 0. The first-order chi connectivity index (χ1) is 5.88. The van der Waals surface area contributed by atoms with E-state index in [-0.39, 0.29) is 12.4 Å². The van der Waals surface area contributed by atoms with Gasteiger partial charge in [0.1, 0.15) is 12.4 Å². The highest BCUT2D eigenvalue weighted by molar-refractivity contribution is 4.75. The average molecular weight is 203 g/mol. The van der Waals surface area contributed by atoms with Crippen molar-refractivity contribution in [3.05, 3.63) is 18.2 Å². The fourth-order valence-electron chi connectivity index (χ4n) is 1.44. The molecule has 1 N–H and O–H groups in total. The minimum atomic E-state index is 0. The first kappa shape index (κ1) is 12.5. The van der Waals surface area contributed by atoms with Gasteiger partial charge in [-0.25, -0.2) is 9.55 Å². The Morgan fingerprint density at radius 3 is 2.69 bits per heavy atom. The number of nitrogens with zero attached hydrogens (tertiary/aromatic N) is 1. The van der Waals surface area contributed by atoms with Crippen molar-refractivity contribution in [2.75, 3.05) is 0 Å². The standard InChI is InChI=1S/C10H18N2.ClH/c1-3-5-6-8-12-9-7-11-10(12)4-2;/h7,9H,3-6,8H2,1-2H3;1H. The molecule has 0 aliphatic rings. The maximum absolute atomic E-state index is 3.25. The van der Waals surface area contributed by atoms with Gasteiger partial charge in [-0.3, -0.25) is 0 Å². The van der Waals surface area contributed by atoms with E-state index in [0.717, 1.165) is 6.42 Å². The van der Waals surface area contributed by atoms with Crippen molar-refractivity contribution in [3.8, 4) is 0 Å². The van der Waals surface area contributed by atoms with Gasteiger partial charge in [0.25, 0.3) is 5.82 Å². The first-order valence-electron chi connectivity index (χ1n) is 4.94. The molecule has 13 heavy (non-hydrogen) atoms. The fraction of sp³-hybridized carbons (Fsp3) is 0.700. The number of rotatable bonds is 5. The highest BCUT2D eigenvalue weighted by Gasteiger charge is 2.05. The van der Waals surface area contributed by atoms with Crippen molar-refractivity contribution < 1.29 is 17.0 Å². The summed E-state index contributed by atoms with van der Waals surface area (Å²) in [6, 6.07) is 0. The number of H-pyrrole nitrogens is 1. The van der Waals surface area contributed by atoms with Gasteiger partial charge in [-0.15, -0.1) is 0 Å². The summed E-state index contributed by atoms with van der Waals surface area (Å²) in [6.07, 6.45) is 9.18. The molecule has 0 atom stereocenters. The molecule has 0 aromatic carbocycles. The number of halogens is 1. The molecule has 0 saturated heterocycles. The van der Waals surface area contributed by atoms with E-state index in [1.54, 1.807) is 0 Å². The maximum atomic E-state index is 3.25. The van der Waals surface area contributed by atoms with Gasteiger partial charge in [-0.2, -0.15) is 0 Å². The van der Waals surface area contributed by atoms with Gasteiger partial charge in [0.2, 0.25) is 0 Å². The molecule has 0 aliphatic heterocycles. The van der Waals surface area contributed by atoms with Crippen LogP contribution in [0, 0.1) is 0 Å². The number of hydrogen-bond donors (Lipinski definition) is 1. The summed E-state index contributed by atoms with van der Waals surface area (Å²) in [5.74, 6) is 1.34. The number of aromatic nitrogens is 2. The van der Waals surface area contributed by atoms with Crippen molar-refractivity contribution >= 4 is 0 Å². The molecule has 1 aromatic heterocycles. The Labute approximate surface area is 86.8 Å². The molecule has 0 unspecified atom stereocenters. The molecule has 2 nitrogen and oxygen atoms in total. The van der Waals surface area contributed by atoms with Gasteiger partial charge in [0.15, 0.2) is 0 Å². The van der Waals surface area contributed by atoms with Gasteiger partial charge >= 0.3 is 0 Å². The predicted molar refractivity (Wildman–Crippen MR) is 49.9 cm³/mol. The topological polar surface area (TPSA) is 19.7 Å². The summed E-state index contributed by atoms with van der Waals surface area (Å²) in [6.45, 7) is 5.59. The van der Waals surface area contributed by atoms with Crippen molar-refractivity contribution in [2.45, 2.75) is 46.1 Å². The summed E-state index contributed by atoms with van der Waals surface area (Å²) in [7, 11) is 0. The first-order valence-corrected chi connectivity index (χ1v) is 4.94. The molecule has 1 heterocycles. The molecule has 0 fully saturated rings. The molecule has 1 aromatic rings. The second kappa shape index (κ2) is 6.96. The molecule has 0 bridgehead atoms. The van der Waals surface area contributed by atoms with Crippen LogP contribution in [0.2, 0.25) is 0 Å². The van der Waals surface area contributed by atoms with E-state index in [1.165, 1.54) is 31.6 Å². The van der Waals surface area contributed by atoms with Gasteiger partial charge in [0, 0.05) is 6.42 Å². The zero-order valence-corrected chi connectivity index (χ0v) is 9.27. The van der Waals surface area contributed by atoms with Crippen molar-refractivity contribution in [1.29, 1.82) is 0 Å². The van der Waals surface area contributed by atoms with Crippen LogP contribution in [0.5, 0.6) is 0 Å². The van der Waals surface area contributed by atoms with Crippen LogP contribution in [0.4, 0.5) is 0 Å². The average Bonchev–Trinajstić information content (AvgIpc) is 2.52. The number of hydrogen-bond acceptors (Lipinski definition) is 0. The fourth-order valence-corrected chi connectivity index (χ4v) is 1.44. The molecule has 3 heteroatoms. The lowest BCUT2D eigenvalue weighted by molar-refractivity contribution is -0.703. The summed E-state index contributed by atoms with van der Waals surface area (Å²) in [5.41, 5.74) is 0. The SMILES string of the molecule is CCCCC[n+]1cc[nH]c1CC.[Cl-]. The second-order valence-electron chi connectivity index (χ2n) is 3.16. The normalized spacial score (nSPS) is 9.69. The zero-order valence-electron chi connectivity index (χ0n) is 8.52. The Bertz CT molecular complexity index is 220. The molecular formula is C10H19ClN2. The van der Waals surface area contributed by atoms with Crippen LogP contribution in [-0.4, -0.2) is 4.98 Å². The lowest BCUT2D eigenvalue weighted by Crippen LogP contribution is -3.00. The van der Waals surface area contributed by atoms with Gasteiger partial charge in [-0.05, 0) is 12.8 Å². The molecular weight excluding hydrogens is 184 g/mol. The van der Waals surface area contributed by atoms with Gasteiger partial charge < -0.3 is 12.4 Å². The summed E-state index contributed by atoms with van der Waals surface area (Å²) in [4.78, 5) is 3.25. The third kappa shape index (κ3) is 3.81. The number of unbranched alkanes of at least 4 members (excludes halogenated alkanes) is 2. The molecule has 1 rings (SSSR count). The van der Waals surface area contributed by atoms with E-state index >= 15 is 0 Å². The van der Waals surface area contributed by atoms with E-state index < -0.39 is 0 Å². The Kier molecular flexibility index (Phi) is 6.69.